The third-order valence-corrected chi connectivity index (χ3v) is 6.64. The molecule has 2 unspecified atom stereocenters. The molecule has 0 aromatic heterocycles. The van der Waals surface area contributed by atoms with E-state index in [0.29, 0.717) is 22.1 Å². The van der Waals surface area contributed by atoms with Crippen LogP contribution in [-0.2, 0) is 14.8 Å². The van der Waals surface area contributed by atoms with Crippen LogP contribution in [-0.4, -0.2) is 27.7 Å². The highest BCUT2D eigenvalue weighted by Gasteiger charge is 2.50. The van der Waals surface area contributed by atoms with Gasteiger partial charge in [-0.1, -0.05) is 13.8 Å². The molecule has 3 N–H and O–H groups in total. The number of hydrogen-bond donors (Lipinski definition) is 2. The highest BCUT2D eigenvalue weighted by molar-refractivity contribution is 9.10. The van der Waals surface area contributed by atoms with Crippen LogP contribution in [0.1, 0.15) is 25.8 Å². The van der Waals surface area contributed by atoms with Gasteiger partial charge in [0.15, 0.2) is 0 Å². The molecule has 1 aliphatic carbocycles. The SMILES string of the molecule is COC1CC(NS(=O)(=O)c2cc(N)c(Br)cc2C)C1(C)C. The summed E-state index contributed by atoms with van der Waals surface area (Å²) in [6.07, 6.45) is 0.745. The van der Waals surface area contributed by atoms with Crippen molar-refractivity contribution in [2.75, 3.05) is 12.8 Å². The normalized spacial score (nSPS) is 24.6. The molecule has 1 aliphatic rings. The molecule has 1 aromatic carbocycles. The lowest BCUT2D eigenvalue weighted by Crippen LogP contribution is -2.61. The zero-order chi connectivity index (χ0) is 16.0. The minimum atomic E-state index is -3.60. The highest BCUT2D eigenvalue weighted by Crippen LogP contribution is 2.43. The van der Waals surface area contributed by atoms with Crippen molar-refractivity contribution in [2.24, 2.45) is 5.41 Å². The number of benzene rings is 1. The number of halogens is 1. The first kappa shape index (κ1) is 16.7. The minimum absolute atomic E-state index is 0.0706. The van der Waals surface area contributed by atoms with E-state index in [1.165, 1.54) is 6.07 Å². The minimum Gasteiger partial charge on any atom is -0.398 e. The number of hydrogen-bond acceptors (Lipinski definition) is 4. The number of nitrogens with one attached hydrogen (secondary N) is 1. The number of nitrogens with two attached hydrogens (primary N) is 1. The number of methoxy groups -OCH3 is 1. The molecule has 1 aromatic rings. The number of nitrogen functional groups attached to an aromatic ring is 1. The van der Waals surface area contributed by atoms with Crippen molar-refractivity contribution in [3.05, 3.63) is 22.2 Å². The second-order valence-corrected chi connectivity index (χ2v) is 8.63. The first-order chi connectivity index (χ1) is 9.59. The van der Waals surface area contributed by atoms with Gasteiger partial charge in [-0.3, -0.25) is 0 Å². The van der Waals surface area contributed by atoms with Crippen molar-refractivity contribution in [1.29, 1.82) is 0 Å². The second kappa shape index (κ2) is 5.53. The summed E-state index contributed by atoms with van der Waals surface area (Å²) < 4.78 is 34.0. The Morgan fingerprint density at radius 2 is 2.05 bits per heavy atom. The number of rotatable bonds is 4. The van der Waals surface area contributed by atoms with Crippen LogP contribution in [0.15, 0.2) is 21.5 Å². The number of anilines is 1. The fraction of sp³-hybridized carbons (Fsp3) is 0.571. The molecular formula is C14H21BrN2O3S. The zero-order valence-corrected chi connectivity index (χ0v) is 15.0. The number of aryl methyl sites for hydroxylation is 1. The van der Waals surface area contributed by atoms with Crippen molar-refractivity contribution in [1.82, 2.24) is 4.72 Å². The van der Waals surface area contributed by atoms with Gasteiger partial charge in [0, 0.05) is 28.7 Å². The molecule has 0 bridgehead atoms. The van der Waals surface area contributed by atoms with E-state index in [0.717, 1.165) is 0 Å². The Bertz CT molecular complexity index is 658. The fourth-order valence-electron chi connectivity index (χ4n) is 2.69. The van der Waals surface area contributed by atoms with Crippen LogP contribution in [0.3, 0.4) is 0 Å². The van der Waals surface area contributed by atoms with Crippen LogP contribution in [0, 0.1) is 12.3 Å². The summed E-state index contributed by atoms with van der Waals surface area (Å²) in [6.45, 7) is 5.75. The molecule has 0 heterocycles. The van der Waals surface area contributed by atoms with Crippen molar-refractivity contribution in [3.8, 4) is 0 Å². The topological polar surface area (TPSA) is 81.4 Å². The Balaban J connectivity index is 2.27. The molecule has 0 spiro atoms. The van der Waals surface area contributed by atoms with Gasteiger partial charge in [-0.25, -0.2) is 13.1 Å². The van der Waals surface area contributed by atoms with Gasteiger partial charge in [-0.2, -0.15) is 0 Å². The summed E-state index contributed by atoms with van der Waals surface area (Å²) in [5.41, 5.74) is 6.64. The van der Waals surface area contributed by atoms with Gasteiger partial charge < -0.3 is 10.5 Å². The molecule has 1 saturated carbocycles. The molecule has 2 rings (SSSR count). The molecular weight excluding hydrogens is 356 g/mol. The maximum Gasteiger partial charge on any atom is 0.241 e. The lowest BCUT2D eigenvalue weighted by molar-refractivity contribution is -0.0908. The van der Waals surface area contributed by atoms with E-state index >= 15 is 0 Å². The molecule has 0 amide bonds. The fourth-order valence-corrected chi connectivity index (χ4v) is 4.82. The van der Waals surface area contributed by atoms with Crippen molar-refractivity contribution in [2.45, 2.75) is 44.2 Å². The summed E-state index contributed by atoms with van der Waals surface area (Å²) in [6, 6.07) is 3.06. The first-order valence-electron chi connectivity index (χ1n) is 6.70. The predicted octanol–water partition coefficient (Wildman–Crippen LogP) is 2.43. The Labute approximate surface area is 134 Å². The molecule has 118 valence electrons. The highest BCUT2D eigenvalue weighted by atomic mass is 79.9. The monoisotopic (exact) mass is 376 g/mol. The first-order valence-corrected chi connectivity index (χ1v) is 8.98. The van der Waals surface area contributed by atoms with Crippen molar-refractivity contribution >= 4 is 31.6 Å². The van der Waals surface area contributed by atoms with Gasteiger partial charge >= 0.3 is 0 Å². The van der Waals surface area contributed by atoms with Crippen molar-refractivity contribution in [3.63, 3.8) is 0 Å². The number of ether oxygens (including phenoxy) is 1. The molecule has 7 heteroatoms. The van der Waals surface area contributed by atoms with Crippen LogP contribution < -0.4 is 10.5 Å². The molecule has 5 nitrogen and oxygen atoms in total. The maximum absolute atomic E-state index is 12.6. The van der Waals surface area contributed by atoms with Gasteiger partial charge in [-0.15, -0.1) is 0 Å². The van der Waals surface area contributed by atoms with E-state index in [1.54, 1.807) is 20.1 Å². The van der Waals surface area contributed by atoms with Gasteiger partial charge in [-0.05, 0) is 47.0 Å². The van der Waals surface area contributed by atoms with E-state index in [2.05, 4.69) is 20.7 Å². The van der Waals surface area contributed by atoms with Gasteiger partial charge in [0.1, 0.15) is 0 Å². The van der Waals surface area contributed by atoms with Crippen molar-refractivity contribution < 1.29 is 13.2 Å². The van der Waals surface area contributed by atoms with Crippen LogP contribution in [0.5, 0.6) is 0 Å². The van der Waals surface area contributed by atoms with Gasteiger partial charge in [0.2, 0.25) is 10.0 Å². The largest absolute Gasteiger partial charge is 0.398 e. The lowest BCUT2D eigenvalue weighted by atomic mass is 9.65. The molecule has 0 radical (unpaired) electrons. The van der Waals surface area contributed by atoms with E-state index < -0.39 is 10.0 Å². The molecule has 0 saturated heterocycles. The summed E-state index contributed by atoms with van der Waals surface area (Å²) in [5.74, 6) is 0. The Hall–Kier alpha value is -0.630. The average Bonchev–Trinajstić information content (AvgIpc) is 2.38. The smallest absolute Gasteiger partial charge is 0.241 e. The maximum atomic E-state index is 12.6. The molecule has 0 aliphatic heterocycles. The lowest BCUT2D eigenvalue weighted by Gasteiger charge is -2.51. The second-order valence-electron chi connectivity index (χ2n) is 6.09. The van der Waals surface area contributed by atoms with Crippen LogP contribution in [0.4, 0.5) is 5.69 Å². The Morgan fingerprint density at radius 3 is 2.57 bits per heavy atom. The summed E-state index contributed by atoms with van der Waals surface area (Å²) in [7, 11) is -1.95. The zero-order valence-electron chi connectivity index (χ0n) is 12.6. The molecule has 1 fully saturated rings. The summed E-state index contributed by atoms with van der Waals surface area (Å²) in [4.78, 5) is 0.222. The van der Waals surface area contributed by atoms with Crippen LogP contribution >= 0.6 is 15.9 Å². The molecule has 21 heavy (non-hydrogen) atoms. The van der Waals surface area contributed by atoms with Crippen LogP contribution in [0.25, 0.3) is 0 Å². The molecule has 2 atom stereocenters. The third kappa shape index (κ3) is 2.97. The predicted molar refractivity (Wildman–Crippen MR) is 86.6 cm³/mol. The Morgan fingerprint density at radius 1 is 1.43 bits per heavy atom. The summed E-state index contributed by atoms with van der Waals surface area (Å²) >= 11 is 3.30. The Kier molecular flexibility index (Phi) is 4.41. The average molecular weight is 377 g/mol. The van der Waals surface area contributed by atoms with E-state index in [-0.39, 0.29) is 22.5 Å². The van der Waals surface area contributed by atoms with Crippen LogP contribution in [0.2, 0.25) is 0 Å². The van der Waals surface area contributed by atoms with E-state index in [4.69, 9.17) is 10.5 Å². The van der Waals surface area contributed by atoms with E-state index in [1.807, 2.05) is 13.8 Å². The van der Waals surface area contributed by atoms with E-state index in [9.17, 15) is 8.42 Å². The summed E-state index contributed by atoms with van der Waals surface area (Å²) in [5, 5.41) is 0. The standard InChI is InChI=1S/C14H21BrN2O3S/c1-8-5-9(15)10(16)6-11(8)21(18,19)17-12-7-13(20-4)14(12,2)3/h5-6,12-13,17H,7,16H2,1-4H3. The van der Waals surface area contributed by atoms with Gasteiger partial charge in [0.05, 0.1) is 11.0 Å². The number of sulfonamides is 1. The third-order valence-electron chi connectivity index (χ3n) is 4.34. The quantitative estimate of drug-likeness (QED) is 0.790. The van der Waals surface area contributed by atoms with Gasteiger partial charge in [0.25, 0.3) is 0 Å².